The van der Waals surface area contributed by atoms with E-state index in [9.17, 15) is 19.2 Å². The van der Waals surface area contributed by atoms with Gasteiger partial charge in [0, 0.05) is 50.9 Å². The SMILES string of the molecule is CN(C)C(=O)c1cc2n(n1)CCCN(c1nc(OC[C@@]34CCCN3C[C@H](F)C4)nc3c(F)c(-c4ccc(F)c5sc(NC(=O)OC(C)(C)C)c(C#N)c45)c(F)cc13)C2. The van der Waals surface area contributed by atoms with E-state index < -0.39 is 46.4 Å². The zero-order chi connectivity index (χ0) is 41.3. The third kappa shape index (κ3) is 7.04. The second-order valence-corrected chi connectivity index (χ2v) is 17.2. The summed E-state index contributed by atoms with van der Waals surface area (Å²) in [7, 11) is 3.26. The summed E-state index contributed by atoms with van der Waals surface area (Å²) in [5, 5.41) is 17.1. The first kappa shape index (κ1) is 39.3. The fourth-order valence-corrected chi connectivity index (χ4v) is 9.38. The lowest BCUT2D eigenvalue weighted by Gasteiger charge is -2.31. The summed E-state index contributed by atoms with van der Waals surface area (Å²) in [6, 6.07) is 6.77. The molecule has 304 valence electrons. The van der Waals surface area contributed by atoms with E-state index in [1.54, 1.807) is 45.6 Å². The fraction of sp³-hybridized carbons (Fsp3) is 0.450. The number of fused-ring (bicyclic) bond motifs is 4. The van der Waals surface area contributed by atoms with E-state index in [0.717, 1.165) is 36.4 Å². The van der Waals surface area contributed by atoms with Crippen LogP contribution in [0.25, 0.3) is 32.1 Å². The first-order valence-electron chi connectivity index (χ1n) is 19.0. The second-order valence-electron chi connectivity index (χ2n) is 16.2. The highest BCUT2D eigenvalue weighted by Gasteiger charge is 2.49. The minimum atomic E-state index is -1.11. The third-order valence-corrected chi connectivity index (χ3v) is 11.9. The van der Waals surface area contributed by atoms with Gasteiger partial charge in [0.2, 0.25) is 0 Å². The molecule has 8 rings (SSSR count). The van der Waals surface area contributed by atoms with Crippen LogP contribution in [0.2, 0.25) is 0 Å². The van der Waals surface area contributed by atoms with E-state index in [1.165, 1.54) is 11.0 Å². The molecule has 2 saturated heterocycles. The lowest BCUT2D eigenvalue weighted by Crippen LogP contribution is -2.43. The van der Waals surface area contributed by atoms with Crippen LogP contribution in [-0.4, -0.2) is 99.2 Å². The summed E-state index contributed by atoms with van der Waals surface area (Å²) in [5.41, 5.74) is -1.75. The molecule has 3 aliphatic heterocycles. The minimum absolute atomic E-state index is 0.0189. The van der Waals surface area contributed by atoms with Crippen molar-refractivity contribution in [2.75, 3.05) is 50.6 Å². The molecule has 5 aromatic rings. The summed E-state index contributed by atoms with van der Waals surface area (Å²) in [5.74, 6) is -3.03. The van der Waals surface area contributed by atoms with Crippen LogP contribution in [0.3, 0.4) is 0 Å². The molecule has 0 bridgehead atoms. The van der Waals surface area contributed by atoms with Gasteiger partial charge in [-0.15, -0.1) is 11.3 Å². The molecular formula is C40H41F4N9O4S. The van der Waals surface area contributed by atoms with Crippen LogP contribution in [0.1, 0.15) is 68.2 Å². The molecule has 0 saturated carbocycles. The number of nitriles is 1. The molecule has 2 fully saturated rings. The summed E-state index contributed by atoms with van der Waals surface area (Å²) in [6.45, 7) is 7.06. The second kappa shape index (κ2) is 14.7. The van der Waals surface area contributed by atoms with Crippen molar-refractivity contribution in [3.05, 3.63) is 58.7 Å². The number of alkyl halides is 1. The maximum Gasteiger partial charge on any atom is 0.412 e. The highest BCUT2D eigenvalue weighted by atomic mass is 32.1. The Hall–Kier alpha value is -5.54. The maximum absolute atomic E-state index is 17.3. The Balaban J connectivity index is 1.26. The Morgan fingerprint density at radius 1 is 1.10 bits per heavy atom. The molecule has 3 aromatic heterocycles. The van der Waals surface area contributed by atoms with Crippen LogP contribution in [0.4, 0.5) is 33.2 Å². The Kier molecular flexibility index (Phi) is 9.95. The molecular weight excluding hydrogens is 779 g/mol. The normalized spacial score (nSPS) is 19.5. The average molecular weight is 820 g/mol. The van der Waals surface area contributed by atoms with E-state index >= 15 is 13.2 Å². The van der Waals surface area contributed by atoms with Gasteiger partial charge in [-0.25, -0.2) is 22.4 Å². The number of carbonyl (C=O) groups is 2. The molecule has 18 heteroatoms. The highest BCUT2D eigenvalue weighted by molar-refractivity contribution is 7.23. The number of hydrogen-bond acceptors (Lipinski definition) is 11. The number of nitrogens with zero attached hydrogens (tertiary/aromatic N) is 8. The molecule has 3 aliphatic rings. The van der Waals surface area contributed by atoms with Gasteiger partial charge in [-0.05, 0) is 70.3 Å². The van der Waals surface area contributed by atoms with E-state index in [1.807, 2.05) is 11.0 Å². The number of amides is 2. The largest absolute Gasteiger partial charge is 0.461 e. The van der Waals surface area contributed by atoms with Gasteiger partial charge < -0.3 is 19.3 Å². The Labute approximate surface area is 335 Å². The molecule has 2 aromatic carbocycles. The van der Waals surface area contributed by atoms with Crippen molar-refractivity contribution in [2.24, 2.45) is 0 Å². The minimum Gasteiger partial charge on any atom is -0.461 e. The van der Waals surface area contributed by atoms with Crippen LogP contribution in [0.5, 0.6) is 6.01 Å². The van der Waals surface area contributed by atoms with Crippen LogP contribution >= 0.6 is 11.3 Å². The molecule has 0 unspecified atom stereocenters. The highest BCUT2D eigenvalue weighted by Crippen LogP contribution is 2.46. The number of ether oxygens (including phenoxy) is 2. The van der Waals surface area contributed by atoms with E-state index in [4.69, 9.17) is 14.5 Å². The van der Waals surface area contributed by atoms with Gasteiger partial charge in [-0.1, -0.05) is 6.07 Å². The zero-order valence-electron chi connectivity index (χ0n) is 32.6. The number of anilines is 2. The number of rotatable bonds is 7. The first-order valence-corrected chi connectivity index (χ1v) is 19.8. The monoisotopic (exact) mass is 819 g/mol. The fourth-order valence-electron chi connectivity index (χ4n) is 8.31. The molecule has 0 spiro atoms. The number of carbonyl (C=O) groups excluding carboxylic acids is 2. The molecule has 0 radical (unpaired) electrons. The van der Waals surface area contributed by atoms with Crippen molar-refractivity contribution in [1.82, 2.24) is 29.5 Å². The molecule has 13 nitrogen and oxygen atoms in total. The summed E-state index contributed by atoms with van der Waals surface area (Å²) < 4.78 is 77.3. The van der Waals surface area contributed by atoms with Crippen LogP contribution in [-0.2, 0) is 17.8 Å². The lowest BCUT2D eigenvalue weighted by molar-refractivity contribution is 0.0636. The van der Waals surface area contributed by atoms with Crippen LogP contribution in [0, 0.1) is 28.8 Å². The van der Waals surface area contributed by atoms with Crippen molar-refractivity contribution in [1.29, 1.82) is 5.26 Å². The van der Waals surface area contributed by atoms with Gasteiger partial charge in [-0.2, -0.15) is 20.3 Å². The molecule has 2 atom stereocenters. The number of nitrogens with one attached hydrogen (secondary N) is 1. The van der Waals surface area contributed by atoms with Crippen molar-refractivity contribution in [3.63, 3.8) is 0 Å². The Morgan fingerprint density at radius 3 is 2.64 bits per heavy atom. The van der Waals surface area contributed by atoms with Gasteiger partial charge in [0.1, 0.15) is 52.4 Å². The quantitative estimate of drug-likeness (QED) is 0.165. The van der Waals surface area contributed by atoms with Gasteiger partial charge in [0.25, 0.3) is 5.91 Å². The van der Waals surface area contributed by atoms with E-state index in [-0.39, 0.29) is 80.1 Å². The zero-order valence-corrected chi connectivity index (χ0v) is 33.4. The molecule has 6 heterocycles. The van der Waals surface area contributed by atoms with Crippen LogP contribution in [0.15, 0.2) is 24.3 Å². The van der Waals surface area contributed by atoms with Gasteiger partial charge in [0.15, 0.2) is 11.5 Å². The standard InChI is InChI=1S/C40H41F4N9O4S/c1-39(2,3)57-38(55)48-35-25(17-45)29-23(8-9-26(42)33(29)58-35)30-27(43)15-24-32(31(30)44)46-37(56-20-40-10-6-12-52(40)18-21(41)16-40)47-34(24)51-11-7-13-53-22(19-51)14-28(49-53)36(54)50(4)5/h8-9,14-15,21H,6-7,10-13,16,18-20H2,1-5H3,(H,48,55)/t21-,40+/m1/s1. The van der Waals surface area contributed by atoms with Crippen molar-refractivity contribution >= 4 is 55.1 Å². The van der Waals surface area contributed by atoms with E-state index in [2.05, 4.69) is 20.3 Å². The van der Waals surface area contributed by atoms with E-state index in [0.29, 0.717) is 38.2 Å². The van der Waals surface area contributed by atoms with Gasteiger partial charge in [-0.3, -0.25) is 19.7 Å². The number of aromatic nitrogens is 4. The number of hydrogen-bond donors (Lipinski definition) is 1. The van der Waals surface area contributed by atoms with Gasteiger partial charge >= 0.3 is 12.1 Å². The molecule has 0 aliphatic carbocycles. The maximum atomic E-state index is 17.3. The smallest absolute Gasteiger partial charge is 0.412 e. The first-order chi connectivity index (χ1) is 27.6. The van der Waals surface area contributed by atoms with Crippen molar-refractivity contribution in [3.8, 4) is 23.2 Å². The summed E-state index contributed by atoms with van der Waals surface area (Å²) in [4.78, 5) is 40.0. The van der Waals surface area contributed by atoms with Crippen molar-refractivity contribution < 1.29 is 36.6 Å². The summed E-state index contributed by atoms with van der Waals surface area (Å²) >= 11 is 0.736. The third-order valence-electron chi connectivity index (χ3n) is 10.8. The average Bonchev–Trinajstić information content (AvgIpc) is 3.88. The predicted molar refractivity (Wildman–Crippen MR) is 209 cm³/mol. The summed E-state index contributed by atoms with van der Waals surface area (Å²) in [6.07, 6.45) is 0.477. The number of thiophene rings is 1. The lowest BCUT2D eigenvalue weighted by atomic mass is 9.95. The molecule has 58 heavy (non-hydrogen) atoms. The topological polar surface area (TPSA) is 142 Å². The Bertz CT molecular complexity index is 2530. The number of halogens is 4. The van der Waals surface area contributed by atoms with Gasteiger partial charge in [0.05, 0.1) is 33.6 Å². The molecule has 2 amide bonds. The van der Waals surface area contributed by atoms with Crippen LogP contribution < -0.4 is 15.0 Å². The molecule has 1 N–H and O–H groups in total. The number of aryl methyl sites for hydroxylation is 1. The van der Waals surface area contributed by atoms with Crippen molar-refractivity contribution in [2.45, 2.75) is 76.9 Å². The predicted octanol–water partition coefficient (Wildman–Crippen LogP) is 7.41. The number of benzene rings is 2. The Morgan fingerprint density at radius 2 is 1.90 bits per heavy atom.